The Hall–Kier alpha value is -1.93. The number of halogens is 1. The van der Waals surface area contributed by atoms with Crippen LogP contribution in [-0.4, -0.2) is 18.8 Å². The molecule has 0 aliphatic rings. The SMILES string of the molecule is Cc1cccc(-c2ccc(/C=C/CNC(C)(C)C(C)CF)cc2)c1. The van der Waals surface area contributed by atoms with E-state index in [0.29, 0.717) is 0 Å². The van der Waals surface area contributed by atoms with Crippen molar-refractivity contribution < 1.29 is 4.39 Å². The predicted octanol–water partition coefficient (Wildman–Crippen LogP) is 5.65. The fraction of sp³-hybridized carbons (Fsp3) is 0.364. The minimum Gasteiger partial charge on any atom is -0.308 e. The van der Waals surface area contributed by atoms with Crippen LogP contribution in [0.2, 0.25) is 0 Å². The highest BCUT2D eigenvalue weighted by molar-refractivity contribution is 5.66. The zero-order valence-corrected chi connectivity index (χ0v) is 15.1. The first-order valence-electron chi connectivity index (χ1n) is 8.57. The van der Waals surface area contributed by atoms with Crippen LogP contribution in [0.15, 0.2) is 54.6 Å². The molecule has 0 heterocycles. The summed E-state index contributed by atoms with van der Waals surface area (Å²) in [5.41, 5.74) is 4.71. The van der Waals surface area contributed by atoms with Crippen LogP contribution >= 0.6 is 0 Å². The highest BCUT2D eigenvalue weighted by Gasteiger charge is 2.24. The van der Waals surface area contributed by atoms with Gasteiger partial charge >= 0.3 is 0 Å². The Labute approximate surface area is 145 Å². The smallest absolute Gasteiger partial charge is 0.0937 e. The van der Waals surface area contributed by atoms with E-state index in [0.717, 1.165) is 6.54 Å². The Morgan fingerprint density at radius 2 is 1.79 bits per heavy atom. The summed E-state index contributed by atoms with van der Waals surface area (Å²) >= 11 is 0. The molecule has 1 atom stereocenters. The maximum absolute atomic E-state index is 12.8. The third-order valence-corrected chi connectivity index (χ3v) is 4.71. The lowest BCUT2D eigenvalue weighted by Gasteiger charge is -2.30. The summed E-state index contributed by atoms with van der Waals surface area (Å²) < 4.78 is 12.8. The number of alkyl halides is 1. The molecule has 0 spiro atoms. The lowest BCUT2D eigenvalue weighted by molar-refractivity contribution is 0.229. The summed E-state index contributed by atoms with van der Waals surface area (Å²) in [7, 11) is 0. The molecule has 0 aromatic heterocycles. The minimum atomic E-state index is -0.301. The van der Waals surface area contributed by atoms with Gasteiger partial charge < -0.3 is 5.32 Å². The molecular formula is C22H28FN. The number of benzene rings is 2. The molecule has 0 aliphatic carbocycles. The summed E-state index contributed by atoms with van der Waals surface area (Å²) in [6.07, 6.45) is 4.19. The molecule has 1 nitrogen and oxygen atoms in total. The van der Waals surface area contributed by atoms with E-state index in [1.165, 1.54) is 22.3 Å². The van der Waals surface area contributed by atoms with Gasteiger partial charge in [0.05, 0.1) is 6.67 Å². The van der Waals surface area contributed by atoms with E-state index in [-0.39, 0.29) is 18.1 Å². The molecular weight excluding hydrogens is 297 g/mol. The van der Waals surface area contributed by atoms with Crippen molar-refractivity contribution >= 4 is 6.08 Å². The van der Waals surface area contributed by atoms with Crippen molar-refractivity contribution in [1.82, 2.24) is 5.32 Å². The number of rotatable bonds is 7. The molecule has 0 saturated heterocycles. The number of hydrogen-bond donors (Lipinski definition) is 1. The molecule has 128 valence electrons. The van der Waals surface area contributed by atoms with E-state index in [1.54, 1.807) is 0 Å². The first-order chi connectivity index (χ1) is 11.4. The molecule has 2 heteroatoms. The van der Waals surface area contributed by atoms with E-state index in [1.807, 2.05) is 20.8 Å². The van der Waals surface area contributed by atoms with Crippen molar-refractivity contribution in [2.45, 2.75) is 33.2 Å². The molecule has 1 unspecified atom stereocenters. The van der Waals surface area contributed by atoms with Gasteiger partial charge in [-0.15, -0.1) is 0 Å². The van der Waals surface area contributed by atoms with E-state index >= 15 is 0 Å². The van der Waals surface area contributed by atoms with Gasteiger partial charge in [0.15, 0.2) is 0 Å². The molecule has 0 amide bonds. The van der Waals surface area contributed by atoms with Crippen molar-refractivity contribution in [1.29, 1.82) is 0 Å². The third kappa shape index (κ3) is 5.04. The number of nitrogens with one attached hydrogen (secondary N) is 1. The van der Waals surface area contributed by atoms with Gasteiger partial charge in [-0.1, -0.05) is 73.2 Å². The van der Waals surface area contributed by atoms with E-state index < -0.39 is 0 Å². The molecule has 2 aromatic rings. The van der Waals surface area contributed by atoms with E-state index in [4.69, 9.17) is 0 Å². The van der Waals surface area contributed by atoms with Crippen LogP contribution < -0.4 is 5.32 Å². The summed E-state index contributed by atoms with van der Waals surface area (Å²) in [6, 6.07) is 17.1. The minimum absolute atomic E-state index is 0.000451. The Kier molecular flexibility index (Phi) is 6.33. The highest BCUT2D eigenvalue weighted by Crippen LogP contribution is 2.21. The Morgan fingerprint density at radius 1 is 1.08 bits per heavy atom. The molecule has 0 bridgehead atoms. The Bertz CT molecular complexity index is 671. The first-order valence-corrected chi connectivity index (χ1v) is 8.57. The van der Waals surface area contributed by atoms with Crippen LogP contribution in [0.5, 0.6) is 0 Å². The highest BCUT2D eigenvalue weighted by atomic mass is 19.1. The molecule has 1 N–H and O–H groups in total. The zero-order valence-electron chi connectivity index (χ0n) is 15.1. The maximum atomic E-state index is 12.8. The van der Waals surface area contributed by atoms with Gasteiger partial charge in [0.1, 0.15) is 0 Å². The Morgan fingerprint density at radius 3 is 2.42 bits per heavy atom. The van der Waals surface area contributed by atoms with Crippen molar-refractivity contribution in [2.24, 2.45) is 5.92 Å². The van der Waals surface area contributed by atoms with Gasteiger partial charge in [-0.25, -0.2) is 0 Å². The van der Waals surface area contributed by atoms with Crippen molar-refractivity contribution in [3.63, 3.8) is 0 Å². The van der Waals surface area contributed by atoms with Crippen LogP contribution in [0.3, 0.4) is 0 Å². The second-order valence-corrected chi connectivity index (χ2v) is 7.05. The van der Waals surface area contributed by atoms with Crippen molar-refractivity contribution in [2.75, 3.05) is 13.2 Å². The third-order valence-electron chi connectivity index (χ3n) is 4.71. The number of aryl methyl sites for hydroxylation is 1. The molecule has 0 saturated carbocycles. The molecule has 0 aliphatic heterocycles. The molecule has 24 heavy (non-hydrogen) atoms. The normalized spacial score (nSPS) is 13.4. The summed E-state index contributed by atoms with van der Waals surface area (Å²) in [5, 5.41) is 3.40. The second-order valence-electron chi connectivity index (χ2n) is 7.05. The molecule has 0 fully saturated rings. The monoisotopic (exact) mass is 325 g/mol. The van der Waals surface area contributed by atoms with Crippen LogP contribution in [0.4, 0.5) is 4.39 Å². The van der Waals surface area contributed by atoms with Gasteiger partial charge in [0, 0.05) is 18.0 Å². The van der Waals surface area contributed by atoms with E-state index in [2.05, 4.69) is 72.9 Å². The topological polar surface area (TPSA) is 12.0 Å². The van der Waals surface area contributed by atoms with Crippen LogP contribution in [-0.2, 0) is 0 Å². The summed E-state index contributed by atoms with van der Waals surface area (Å²) in [6.45, 7) is 8.56. The fourth-order valence-electron chi connectivity index (χ4n) is 2.50. The van der Waals surface area contributed by atoms with Crippen LogP contribution in [0.1, 0.15) is 31.9 Å². The zero-order chi connectivity index (χ0) is 17.6. The van der Waals surface area contributed by atoms with Crippen molar-refractivity contribution in [3.05, 3.63) is 65.7 Å². The molecule has 0 radical (unpaired) electrons. The first kappa shape index (κ1) is 18.4. The summed E-state index contributed by atoms with van der Waals surface area (Å²) in [4.78, 5) is 0. The van der Waals surface area contributed by atoms with Crippen LogP contribution in [0.25, 0.3) is 17.2 Å². The average Bonchev–Trinajstić information content (AvgIpc) is 2.58. The fourth-order valence-corrected chi connectivity index (χ4v) is 2.50. The lowest BCUT2D eigenvalue weighted by Crippen LogP contribution is -2.45. The lowest BCUT2D eigenvalue weighted by atomic mass is 9.90. The van der Waals surface area contributed by atoms with Gasteiger partial charge in [-0.3, -0.25) is 4.39 Å². The predicted molar refractivity (Wildman–Crippen MR) is 103 cm³/mol. The van der Waals surface area contributed by atoms with E-state index in [9.17, 15) is 4.39 Å². The number of hydrogen-bond acceptors (Lipinski definition) is 1. The standard InChI is InChI=1S/C22H28FN/c1-17-7-5-9-21(15-17)20-12-10-19(11-13-20)8-6-14-24-22(3,4)18(2)16-23/h5-13,15,18,24H,14,16H2,1-4H3/b8-6+. The van der Waals surface area contributed by atoms with Gasteiger partial charge in [0.2, 0.25) is 0 Å². The summed E-state index contributed by atoms with van der Waals surface area (Å²) in [5.74, 6) is -0.000451. The van der Waals surface area contributed by atoms with Gasteiger partial charge in [0.25, 0.3) is 0 Å². The quantitative estimate of drug-likeness (QED) is 0.693. The molecule has 2 rings (SSSR count). The van der Waals surface area contributed by atoms with Crippen LogP contribution in [0, 0.1) is 12.8 Å². The molecule has 2 aromatic carbocycles. The van der Waals surface area contributed by atoms with Gasteiger partial charge in [-0.05, 0) is 37.5 Å². The van der Waals surface area contributed by atoms with Crippen molar-refractivity contribution in [3.8, 4) is 11.1 Å². The second kappa shape index (κ2) is 8.25. The van der Waals surface area contributed by atoms with Gasteiger partial charge in [-0.2, -0.15) is 0 Å². The Balaban J connectivity index is 1.94. The average molecular weight is 325 g/mol. The largest absolute Gasteiger partial charge is 0.308 e. The maximum Gasteiger partial charge on any atom is 0.0937 e.